The first-order chi connectivity index (χ1) is 12.4. The number of thioether (sulfide) groups is 1. The van der Waals surface area contributed by atoms with Crippen LogP contribution in [0.2, 0.25) is 0 Å². The van der Waals surface area contributed by atoms with Crippen LogP contribution in [0.1, 0.15) is 43.2 Å². The average Bonchev–Trinajstić information content (AvgIpc) is 2.96. The molecule has 0 radical (unpaired) electrons. The average molecular weight is 387 g/mol. The van der Waals surface area contributed by atoms with E-state index in [-0.39, 0.29) is 17.1 Å². The van der Waals surface area contributed by atoms with Gasteiger partial charge in [0.1, 0.15) is 11.1 Å². The summed E-state index contributed by atoms with van der Waals surface area (Å²) < 4.78 is 0. The fourth-order valence-electron chi connectivity index (χ4n) is 3.18. The third-order valence-electron chi connectivity index (χ3n) is 4.73. The van der Waals surface area contributed by atoms with Crippen LogP contribution in [-0.2, 0) is 17.6 Å². The second-order valence-electron chi connectivity index (χ2n) is 7.49. The zero-order valence-electron chi connectivity index (χ0n) is 15.2. The standard InChI is InChI=1S/C19H22N4OS2/c1-19(2,3)12-5-6-13-14(10-20)17(26-15(13)9-12)23-16(24)11-25-18-21-7-4-8-22-18/h4,7-8,12H,5-6,9,11H2,1-3H3,(H,23,24)/t12-/m0/s1. The van der Waals surface area contributed by atoms with Crippen LogP contribution < -0.4 is 5.32 Å². The van der Waals surface area contributed by atoms with Gasteiger partial charge in [0.05, 0.1) is 11.3 Å². The molecule has 26 heavy (non-hydrogen) atoms. The van der Waals surface area contributed by atoms with E-state index in [1.54, 1.807) is 29.8 Å². The van der Waals surface area contributed by atoms with Gasteiger partial charge in [-0.1, -0.05) is 32.5 Å². The van der Waals surface area contributed by atoms with Gasteiger partial charge in [0.25, 0.3) is 0 Å². The summed E-state index contributed by atoms with van der Waals surface area (Å²) in [7, 11) is 0. The molecule has 0 spiro atoms. The number of amides is 1. The molecule has 0 saturated carbocycles. The Morgan fingerprint density at radius 3 is 2.81 bits per heavy atom. The van der Waals surface area contributed by atoms with E-state index in [4.69, 9.17) is 0 Å². The molecule has 1 N–H and O–H groups in total. The molecule has 3 rings (SSSR count). The Bertz CT molecular complexity index is 834. The van der Waals surface area contributed by atoms with Gasteiger partial charge in [0, 0.05) is 17.3 Å². The number of carbonyl (C=O) groups is 1. The van der Waals surface area contributed by atoms with Gasteiger partial charge < -0.3 is 5.32 Å². The highest BCUT2D eigenvalue weighted by Crippen LogP contribution is 2.44. The lowest BCUT2D eigenvalue weighted by Crippen LogP contribution is -2.26. The number of thiophene rings is 1. The molecular formula is C19H22N4OS2. The maximum Gasteiger partial charge on any atom is 0.235 e. The molecule has 1 amide bonds. The molecule has 2 heterocycles. The summed E-state index contributed by atoms with van der Waals surface area (Å²) in [6.07, 6.45) is 6.30. The van der Waals surface area contributed by atoms with Crippen LogP contribution in [0.5, 0.6) is 0 Å². The lowest BCUT2D eigenvalue weighted by Gasteiger charge is -2.33. The minimum atomic E-state index is -0.134. The zero-order valence-corrected chi connectivity index (χ0v) is 16.8. The van der Waals surface area contributed by atoms with Gasteiger partial charge in [-0.15, -0.1) is 11.3 Å². The quantitative estimate of drug-likeness (QED) is 0.626. The molecule has 2 aromatic heterocycles. The summed E-state index contributed by atoms with van der Waals surface area (Å²) in [5.74, 6) is 0.696. The van der Waals surface area contributed by atoms with Crippen LogP contribution in [0.25, 0.3) is 0 Å². The molecule has 2 aromatic rings. The summed E-state index contributed by atoms with van der Waals surface area (Å²) >= 11 is 2.85. The molecule has 0 aliphatic heterocycles. The first-order valence-corrected chi connectivity index (χ1v) is 10.4. The molecule has 7 heteroatoms. The lowest BCUT2D eigenvalue weighted by atomic mass is 9.72. The highest BCUT2D eigenvalue weighted by Gasteiger charge is 2.32. The van der Waals surface area contributed by atoms with Crippen LogP contribution in [0.4, 0.5) is 5.00 Å². The number of anilines is 1. The molecule has 0 fully saturated rings. The van der Waals surface area contributed by atoms with Gasteiger partial charge in [-0.3, -0.25) is 4.79 Å². The maximum atomic E-state index is 12.3. The first kappa shape index (κ1) is 18.9. The number of nitriles is 1. The second-order valence-corrected chi connectivity index (χ2v) is 9.54. The van der Waals surface area contributed by atoms with E-state index in [1.807, 2.05) is 0 Å². The van der Waals surface area contributed by atoms with Crippen molar-refractivity contribution in [2.24, 2.45) is 11.3 Å². The van der Waals surface area contributed by atoms with Crippen LogP contribution in [0.15, 0.2) is 23.6 Å². The molecular weight excluding hydrogens is 364 g/mol. The van der Waals surface area contributed by atoms with E-state index in [0.29, 0.717) is 21.6 Å². The third-order valence-corrected chi connectivity index (χ3v) is 6.77. The monoisotopic (exact) mass is 386 g/mol. The second kappa shape index (κ2) is 7.77. The Labute approximate surface area is 162 Å². The van der Waals surface area contributed by atoms with E-state index in [9.17, 15) is 10.1 Å². The Hall–Kier alpha value is -1.91. The van der Waals surface area contributed by atoms with Crippen molar-refractivity contribution in [2.45, 2.75) is 45.2 Å². The Morgan fingerprint density at radius 2 is 2.15 bits per heavy atom. The van der Waals surface area contributed by atoms with Gasteiger partial charge in [0.2, 0.25) is 5.91 Å². The smallest absolute Gasteiger partial charge is 0.235 e. The van der Waals surface area contributed by atoms with Crippen molar-refractivity contribution in [3.8, 4) is 6.07 Å². The number of carbonyl (C=O) groups excluding carboxylic acids is 1. The summed E-state index contributed by atoms with van der Waals surface area (Å²) in [4.78, 5) is 21.7. The Kier molecular flexibility index (Phi) is 5.64. The first-order valence-electron chi connectivity index (χ1n) is 8.62. The molecule has 5 nitrogen and oxygen atoms in total. The molecule has 1 aliphatic carbocycles. The summed E-state index contributed by atoms with van der Waals surface area (Å²) in [6.45, 7) is 6.81. The van der Waals surface area contributed by atoms with Crippen molar-refractivity contribution in [2.75, 3.05) is 11.1 Å². The number of rotatable bonds is 4. The number of nitrogens with zero attached hydrogens (tertiary/aromatic N) is 3. The number of hydrogen-bond acceptors (Lipinski definition) is 6. The third kappa shape index (κ3) is 4.25. The van der Waals surface area contributed by atoms with E-state index in [2.05, 4.69) is 42.1 Å². The summed E-state index contributed by atoms with van der Waals surface area (Å²) in [5, 5.41) is 13.8. The molecule has 1 atom stereocenters. The van der Waals surface area contributed by atoms with Crippen LogP contribution in [0, 0.1) is 22.7 Å². The van der Waals surface area contributed by atoms with Gasteiger partial charge in [0.15, 0.2) is 5.16 Å². The molecule has 1 aliphatic rings. The van der Waals surface area contributed by atoms with Crippen molar-refractivity contribution in [3.05, 3.63) is 34.5 Å². The van der Waals surface area contributed by atoms with Gasteiger partial charge in [-0.05, 0) is 42.2 Å². The largest absolute Gasteiger partial charge is 0.316 e. The summed E-state index contributed by atoms with van der Waals surface area (Å²) in [6, 6.07) is 4.04. The number of aromatic nitrogens is 2. The highest BCUT2D eigenvalue weighted by atomic mass is 32.2. The van der Waals surface area contributed by atoms with Gasteiger partial charge in [-0.2, -0.15) is 5.26 Å². The normalized spacial score (nSPS) is 16.6. The van der Waals surface area contributed by atoms with E-state index >= 15 is 0 Å². The number of hydrogen-bond donors (Lipinski definition) is 1. The lowest BCUT2D eigenvalue weighted by molar-refractivity contribution is -0.113. The molecule has 136 valence electrons. The van der Waals surface area contributed by atoms with Crippen molar-refractivity contribution in [1.82, 2.24) is 9.97 Å². The fraction of sp³-hybridized carbons (Fsp3) is 0.474. The van der Waals surface area contributed by atoms with Crippen LogP contribution in [-0.4, -0.2) is 21.6 Å². The van der Waals surface area contributed by atoms with Crippen molar-refractivity contribution < 1.29 is 4.79 Å². The highest BCUT2D eigenvalue weighted by molar-refractivity contribution is 7.99. The van der Waals surface area contributed by atoms with Crippen LogP contribution in [0.3, 0.4) is 0 Å². The van der Waals surface area contributed by atoms with E-state index in [0.717, 1.165) is 24.8 Å². The van der Waals surface area contributed by atoms with E-state index < -0.39 is 0 Å². The fourth-order valence-corrected chi connectivity index (χ4v) is 5.08. The molecule has 0 saturated heterocycles. The predicted molar refractivity (Wildman–Crippen MR) is 105 cm³/mol. The predicted octanol–water partition coefficient (Wildman–Crippen LogP) is 4.29. The topological polar surface area (TPSA) is 78.7 Å². The SMILES string of the molecule is CC(C)(C)[C@H]1CCc2c(sc(NC(=O)CSc3ncccn3)c2C#N)C1. The minimum Gasteiger partial charge on any atom is -0.316 e. The van der Waals surface area contributed by atoms with E-state index in [1.165, 1.54) is 16.6 Å². The molecule has 0 unspecified atom stereocenters. The molecule has 0 bridgehead atoms. The Balaban J connectivity index is 1.70. The minimum absolute atomic E-state index is 0.134. The van der Waals surface area contributed by atoms with Crippen molar-refractivity contribution >= 4 is 34.0 Å². The van der Waals surface area contributed by atoms with Gasteiger partial charge in [-0.25, -0.2) is 9.97 Å². The zero-order chi connectivity index (χ0) is 18.7. The maximum absolute atomic E-state index is 12.3. The molecule has 0 aromatic carbocycles. The number of fused-ring (bicyclic) bond motifs is 1. The van der Waals surface area contributed by atoms with Crippen LogP contribution >= 0.6 is 23.1 Å². The summed E-state index contributed by atoms with van der Waals surface area (Å²) in [5.41, 5.74) is 2.03. The number of nitrogens with one attached hydrogen (secondary N) is 1. The van der Waals surface area contributed by atoms with Gasteiger partial charge >= 0.3 is 0 Å². The van der Waals surface area contributed by atoms with Crippen molar-refractivity contribution in [1.29, 1.82) is 5.26 Å². The van der Waals surface area contributed by atoms with Crippen molar-refractivity contribution in [3.63, 3.8) is 0 Å². The Morgan fingerprint density at radius 1 is 1.42 bits per heavy atom.